The highest BCUT2D eigenvalue weighted by atomic mass is 16.2. The van der Waals surface area contributed by atoms with Gasteiger partial charge < -0.3 is 21.8 Å². The Bertz CT molecular complexity index is 462. The number of amides is 2. The first-order valence-electron chi connectivity index (χ1n) is 6.30. The van der Waals surface area contributed by atoms with E-state index in [4.69, 9.17) is 11.5 Å². The van der Waals surface area contributed by atoms with E-state index in [-0.39, 0.29) is 24.4 Å². The number of piperidine rings is 1. The molecule has 0 aliphatic carbocycles. The van der Waals surface area contributed by atoms with Gasteiger partial charge in [-0.15, -0.1) is 0 Å². The predicted octanol–water partition coefficient (Wildman–Crippen LogP) is -0.724. The molecule has 0 bridgehead atoms. The van der Waals surface area contributed by atoms with Gasteiger partial charge in [0.05, 0.1) is 6.54 Å². The zero-order valence-electron chi connectivity index (χ0n) is 10.7. The molecule has 1 saturated heterocycles. The number of anilines is 1. The van der Waals surface area contributed by atoms with E-state index in [1.807, 2.05) is 4.90 Å². The lowest BCUT2D eigenvalue weighted by Gasteiger charge is -2.31. The molecule has 2 rings (SSSR count). The van der Waals surface area contributed by atoms with Crippen molar-refractivity contribution in [3.63, 3.8) is 0 Å². The molecule has 1 aliphatic rings. The number of aromatic nitrogens is 1. The molecule has 0 atom stereocenters. The van der Waals surface area contributed by atoms with Crippen molar-refractivity contribution in [2.45, 2.75) is 18.9 Å². The predicted molar refractivity (Wildman–Crippen MR) is 71.3 cm³/mol. The number of carbonyl (C=O) groups excluding carboxylic acids is 2. The zero-order chi connectivity index (χ0) is 13.8. The molecule has 0 aromatic carbocycles. The molecule has 7 heteroatoms. The SMILES string of the molecule is NC(=O)CN1CCC(NC(=O)c2cc(N)c[nH]2)CC1. The van der Waals surface area contributed by atoms with E-state index >= 15 is 0 Å². The highest BCUT2D eigenvalue weighted by Gasteiger charge is 2.22. The molecular formula is C12H19N5O2. The van der Waals surface area contributed by atoms with Crippen LogP contribution in [0.4, 0.5) is 5.69 Å². The molecular weight excluding hydrogens is 246 g/mol. The number of primary amides is 1. The van der Waals surface area contributed by atoms with Crippen LogP contribution in [-0.4, -0.2) is 47.4 Å². The minimum absolute atomic E-state index is 0.126. The molecule has 6 N–H and O–H groups in total. The Kier molecular flexibility index (Phi) is 4.06. The molecule has 1 fully saturated rings. The van der Waals surface area contributed by atoms with Crippen LogP contribution >= 0.6 is 0 Å². The van der Waals surface area contributed by atoms with Crippen molar-refractivity contribution in [3.8, 4) is 0 Å². The first-order chi connectivity index (χ1) is 9.04. The second-order valence-corrected chi connectivity index (χ2v) is 4.84. The van der Waals surface area contributed by atoms with E-state index < -0.39 is 0 Å². The van der Waals surface area contributed by atoms with Gasteiger partial charge in [-0.3, -0.25) is 14.5 Å². The summed E-state index contributed by atoms with van der Waals surface area (Å²) in [5.41, 5.74) is 11.7. The fourth-order valence-electron chi connectivity index (χ4n) is 2.26. The van der Waals surface area contributed by atoms with Crippen molar-refractivity contribution in [2.24, 2.45) is 5.73 Å². The highest BCUT2D eigenvalue weighted by Crippen LogP contribution is 2.11. The fraction of sp³-hybridized carbons (Fsp3) is 0.500. The van der Waals surface area contributed by atoms with Gasteiger partial charge in [0.25, 0.3) is 5.91 Å². The second kappa shape index (κ2) is 5.75. The van der Waals surface area contributed by atoms with Crippen LogP contribution in [-0.2, 0) is 4.79 Å². The van der Waals surface area contributed by atoms with Crippen LogP contribution < -0.4 is 16.8 Å². The lowest BCUT2D eigenvalue weighted by molar-refractivity contribution is -0.119. The summed E-state index contributed by atoms with van der Waals surface area (Å²) in [5.74, 6) is -0.464. The molecule has 0 unspecified atom stereocenters. The monoisotopic (exact) mass is 265 g/mol. The van der Waals surface area contributed by atoms with Crippen molar-refractivity contribution in [1.82, 2.24) is 15.2 Å². The van der Waals surface area contributed by atoms with Gasteiger partial charge in [0, 0.05) is 31.0 Å². The van der Waals surface area contributed by atoms with Gasteiger partial charge in [-0.1, -0.05) is 0 Å². The number of likely N-dealkylation sites (tertiary alicyclic amines) is 1. The molecule has 104 valence electrons. The molecule has 0 radical (unpaired) electrons. The molecule has 0 spiro atoms. The summed E-state index contributed by atoms with van der Waals surface area (Å²) in [6, 6.07) is 1.73. The average molecular weight is 265 g/mol. The Labute approximate surface area is 111 Å². The number of rotatable bonds is 4. The molecule has 0 saturated carbocycles. The van der Waals surface area contributed by atoms with Crippen LogP contribution in [0.15, 0.2) is 12.3 Å². The van der Waals surface area contributed by atoms with Crippen LogP contribution in [0.2, 0.25) is 0 Å². The third-order valence-electron chi connectivity index (χ3n) is 3.25. The first kappa shape index (κ1) is 13.4. The number of nitrogen functional groups attached to an aromatic ring is 1. The van der Waals surface area contributed by atoms with Crippen molar-refractivity contribution < 1.29 is 9.59 Å². The van der Waals surface area contributed by atoms with Gasteiger partial charge in [-0.2, -0.15) is 0 Å². The number of nitrogens with one attached hydrogen (secondary N) is 2. The summed E-state index contributed by atoms with van der Waals surface area (Å²) in [6.07, 6.45) is 3.22. The number of nitrogens with zero attached hydrogens (tertiary/aromatic N) is 1. The quantitative estimate of drug-likeness (QED) is 0.574. The maximum atomic E-state index is 11.9. The summed E-state index contributed by atoms with van der Waals surface area (Å²) < 4.78 is 0. The van der Waals surface area contributed by atoms with E-state index in [9.17, 15) is 9.59 Å². The average Bonchev–Trinajstić information content (AvgIpc) is 2.78. The van der Waals surface area contributed by atoms with Crippen LogP contribution in [0.5, 0.6) is 0 Å². The summed E-state index contributed by atoms with van der Waals surface area (Å²) in [6.45, 7) is 1.81. The van der Waals surface area contributed by atoms with Gasteiger partial charge in [-0.25, -0.2) is 0 Å². The third-order valence-corrected chi connectivity index (χ3v) is 3.25. The molecule has 7 nitrogen and oxygen atoms in total. The Morgan fingerprint density at radius 3 is 2.63 bits per heavy atom. The van der Waals surface area contributed by atoms with Gasteiger partial charge >= 0.3 is 0 Å². The first-order valence-corrected chi connectivity index (χ1v) is 6.30. The number of H-pyrrole nitrogens is 1. The topological polar surface area (TPSA) is 117 Å². The number of aromatic amines is 1. The highest BCUT2D eigenvalue weighted by molar-refractivity contribution is 5.93. The van der Waals surface area contributed by atoms with Crippen molar-refractivity contribution in [2.75, 3.05) is 25.4 Å². The smallest absolute Gasteiger partial charge is 0.267 e. The largest absolute Gasteiger partial charge is 0.397 e. The number of carbonyl (C=O) groups is 2. The van der Waals surface area contributed by atoms with E-state index in [1.165, 1.54) is 0 Å². The van der Waals surface area contributed by atoms with E-state index in [2.05, 4.69) is 10.3 Å². The maximum absolute atomic E-state index is 11.9. The fourth-order valence-corrected chi connectivity index (χ4v) is 2.26. The van der Waals surface area contributed by atoms with Gasteiger partial charge in [-0.05, 0) is 18.9 Å². The molecule has 1 aliphatic heterocycles. The van der Waals surface area contributed by atoms with Crippen molar-refractivity contribution in [3.05, 3.63) is 18.0 Å². The van der Waals surface area contributed by atoms with Crippen molar-refractivity contribution in [1.29, 1.82) is 0 Å². The summed E-state index contributed by atoms with van der Waals surface area (Å²) >= 11 is 0. The van der Waals surface area contributed by atoms with Crippen LogP contribution in [0.3, 0.4) is 0 Å². The minimum atomic E-state index is -0.315. The maximum Gasteiger partial charge on any atom is 0.267 e. The number of hydrogen-bond acceptors (Lipinski definition) is 4. The Balaban J connectivity index is 1.79. The van der Waals surface area contributed by atoms with E-state index in [0.717, 1.165) is 25.9 Å². The standard InChI is InChI=1S/C12H19N5O2/c13-8-5-10(15-6-8)12(19)16-9-1-3-17(4-2-9)7-11(14)18/h5-6,9,15H,1-4,7,13H2,(H2,14,18)(H,16,19). The number of hydrogen-bond donors (Lipinski definition) is 4. The van der Waals surface area contributed by atoms with Crippen LogP contribution in [0, 0.1) is 0 Å². The summed E-state index contributed by atoms with van der Waals surface area (Å²) in [5, 5.41) is 2.95. The second-order valence-electron chi connectivity index (χ2n) is 4.84. The number of nitrogens with two attached hydrogens (primary N) is 2. The molecule has 2 heterocycles. The molecule has 19 heavy (non-hydrogen) atoms. The van der Waals surface area contributed by atoms with Gasteiger partial charge in [0.15, 0.2) is 0 Å². The van der Waals surface area contributed by atoms with Crippen LogP contribution in [0.1, 0.15) is 23.3 Å². The Hall–Kier alpha value is -2.02. The third kappa shape index (κ3) is 3.72. The van der Waals surface area contributed by atoms with E-state index in [1.54, 1.807) is 12.3 Å². The lowest BCUT2D eigenvalue weighted by Crippen LogP contribution is -2.46. The van der Waals surface area contributed by atoms with Gasteiger partial charge in [0.1, 0.15) is 5.69 Å². The minimum Gasteiger partial charge on any atom is -0.397 e. The zero-order valence-corrected chi connectivity index (χ0v) is 10.7. The Morgan fingerprint density at radius 2 is 2.11 bits per heavy atom. The molecule has 1 aromatic rings. The molecule has 1 aromatic heterocycles. The molecule has 2 amide bonds. The van der Waals surface area contributed by atoms with Crippen molar-refractivity contribution >= 4 is 17.5 Å². The van der Waals surface area contributed by atoms with E-state index in [0.29, 0.717) is 11.4 Å². The van der Waals surface area contributed by atoms with Gasteiger partial charge in [0.2, 0.25) is 5.91 Å². The summed E-state index contributed by atoms with van der Waals surface area (Å²) in [7, 11) is 0. The van der Waals surface area contributed by atoms with Crippen LogP contribution in [0.25, 0.3) is 0 Å². The summed E-state index contributed by atoms with van der Waals surface area (Å²) in [4.78, 5) is 27.5. The lowest BCUT2D eigenvalue weighted by atomic mass is 10.0. The normalized spacial score (nSPS) is 17.3. The Morgan fingerprint density at radius 1 is 1.42 bits per heavy atom.